The Hall–Kier alpha value is -2.32. The van der Waals surface area contributed by atoms with Gasteiger partial charge in [-0.3, -0.25) is 14.5 Å². The Morgan fingerprint density at radius 1 is 1.38 bits per heavy atom. The fourth-order valence-electron chi connectivity index (χ4n) is 3.11. The largest absolute Gasteiger partial charge is 0.369 e. The first-order chi connectivity index (χ1) is 12.4. The molecule has 1 saturated heterocycles. The lowest BCUT2D eigenvalue weighted by molar-refractivity contribution is -0.119. The van der Waals surface area contributed by atoms with Crippen LogP contribution >= 0.6 is 11.3 Å². The minimum Gasteiger partial charge on any atom is -0.369 e. The molecule has 2 heterocycles. The average molecular weight is 376 g/mol. The molecule has 0 aliphatic carbocycles. The average Bonchev–Trinajstić information content (AvgIpc) is 2.97. The van der Waals surface area contributed by atoms with Crippen molar-refractivity contribution in [3.05, 3.63) is 40.7 Å². The monoisotopic (exact) mass is 376 g/mol. The maximum absolute atomic E-state index is 13.1. The van der Waals surface area contributed by atoms with Gasteiger partial charge in [0.05, 0.1) is 12.2 Å². The van der Waals surface area contributed by atoms with Crippen molar-refractivity contribution in [2.45, 2.75) is 25.8 Å². The molecular weight excluding hydrogens is 355 g/mol. The van der Waals surface area contributed by atoms with Gasteiger partial charge in [-0.25, -0.2) is 9.37 Å². The van der Waals surface area contributed by atoms with Crippen LogP contribution in [0.1, 0.15) is 28.2 Å². The molecule has 138 valence electrons. The summed E-state index contributed by atoms with van der Waals surface area (Å²) in [6.45, 7) is 3.42. The lowest BCUT2D eigenvalue weighted by Crippen LogP contribution is -2.49. The van der Waals surface area contributed by atoms with Crippen LogP contribution in [-0.4, -0.2) is 47.4 Å². The molecule has 1 unspecified atom stereocenters. The summed E-state index contributed by atoms with van der Waals surface area (Å²) in [6, 6.07) is 6.03. The van der Waals surface area contributed by atoms with Crippen LogP contribution in [0, 0.1) is 12.7 Å². The lowest BCUT2D eigenvalue weighted by atomic mass is 10.1. The van der Waals surface area contributed by atoms with Gasteiger partial charge in [0.1, 0.15) is 15.7 Å². The number of carbonyl (C=O) groups excluding carboxylic acids is 2. The number of carbonyl (C=O) groups is 2. The van der Waals surface area contributed by atoms with Crippen molar-refractivity contribution < 1.29 is 14.0 Å². The van der Waals surface area contributed by atoms with Gasteiger partial charge in [0.2, 0.25) is 5.91 Å². The molecule has 3 N–H and O–H groups in total. The molecule has 0 saturated carbocycles. The molecule has 0 radical (unpaired) electrons. The van der Waals surface area contributed by atoms with Crippen LogP contribution in [0.2, 0.25) is 0 Å². The van der Waals surface area contributed by atoms with Gasteiger partial charge in [-0.1, -0.05) is 0 Å². The number of nitrogens with two attached hydrogens (primary N) is 1. The van der Waals surface area contributed by atoms with Crippen molar-refractivity contribution >= 4 is 23.2 Å². The highest BCUT2D eigenvalue weighted by atomic mass is 32.1. The molecule has 0 bridgehead atoms. The van der Waals surface area contributed by atoms with Crippen LogP contribution in [0.3, 0.4) is 0 Å². The van der Waals surface area contributed by atoms with E-state index in [9.17, 15) is 14.0 Å². The van der Waals surface area contributed by atoms with Crippen LogP contribution in [0.5, 0.6) is 0 Å². The molecule has 2 aromatic rings. The standard InChI is InChI=1S/C18H21FN4O2S/c1-11-16(26-18(21-11)12-4-6-13(19)7-5-12)17(25)22-14-3-2-8-23(9-14)10-15(20)24/h4-7,14H,2-3,8-10H2,1H3,(H2,20,24)(H,22,25). The molecule has 26 heavy (non-hydrogen) atoms. The molecule has 1 aromatic carbocycles. The van der Waals surface area contributed by atoms with E-state index in [0.29, 0.717) is 22.1 Å². The number of nitrogens with zero attached hydrogens (tertiary/aromatic N) is 2. The number of nitrogens with one attached hydrogen (secondary N) is 1. The third kappa shape index (κ3) is 4.44. The van der Waals surface area contributed by atoms with Crippen LogP contribution in [0.25, 0.3) is 10.6 Å². The zero-order valence-electron chi connectivity index (χ0n) is 14.5. The third-order valence-corrected chi connectivity index (χ3v) is 5.52. The number of amides is 2. The van der Waals surface area contributed by atoms with E-state index >= 15 is 0 Å². The zero-order chi connectivity index (χ0) is 18.7. The van der Waals surface area contributed by atoms with Gasteiger partial charge in [-0.15, -0.1) is 11.3 Å². The highest BCUT2D eigenvalue weighted by molar-refractivity contribution is 7.17. The molecule has 1 aliphatic rings. The number of rotatable bonds is 5. The summed E-state index contributed by atoms with van der Waals surface area (Å²) in [5.41, 5.74) is 6.68. The third-order valence-electron chi connectivity index (χ3n) is 4.31. The van der Waals surface area contributed by atoms with E-state index in [2.05, 4.69) is 10.3 Å². The van der Waals surface area contributed by atoms with Crippen molar-refractivity contribution in [1.29, 1.82) is 0 Å². The Balaban J connectivity index is 1.68. The highest BCUT2D eigenvalue weighted by Crippen LogP contribution is 2.28. The van der Waals surface area contributed by atoms with Crippen molar-refractivity contribution in [3.8, 4) is 10.6 Å². The minimum atomic E-state index is -0.362. The number of thiazole rings is 1. The van der Waals surface area contributed by atoms with E-state index < -0.39 is 0 Å². The second-order valence-electron chi connectivity index (χ2n) is 6.45. The Morgan fingerprint density at radius 3 is 2.81 bits per heavy atom. The number of benzene rings is 1. The summed E-state index contributed by atoms with van der Waals surface area (Å²) in [5, 5.41) is 3.72. The van der Waals surface area contributed by atoms with Crippen LogP contribution < -0.4 is 11.1 Å². The topological polar surface area (TPSA) is 88.3 Å². The summed E-state index contributed by atoms with van der Waals surface area (Å²) in [7, 11) is 0. The number of aryl methyl sites for hydroxylation is 1. The lowest BCUT2D eigenvalue weighted by Gasteiger charge is -2.32. The predicted octanol–water partition coefficient (Wildman–Crippen LogP) is 1.94. The number of aromatic nitrogens is 1. The second kappa shape index (κ2) is 7.92. The first-order valence-electron chi connectivity index (χ1n) is 8.47. The molecule has 2 amide bonds. The van der Waals surface area contributed by atoms with Gasteiger partial charge in [-0.2, -0.15) is 0 Å². The molecule has 3 rings (SSSR count). The summed E-state index contributed by atoms with van der Waals surface area (Å²) in [6.07, 6.45) is 1.77. The second-order valence-corrected chi connectivity index (χ2v) is 7.45. The fraction of sp³-hybridized carbons (Fsp3) is 0.389. The zero-order valence-corrected chi connectivity index (χ0v) is 15.3. The molecule has 0 spiro atoms. The molecule has 1 fully saturated rings. The summed E-state index contributed by atoms with van der Waals surface area (Å²) in [5.74, 6) is -0.837. The van der Waals surface area contributed by atoms with Crippen LogP contribution in [0.4, 0.5) is 4.39 Å². The molecule has 1 aromatic heterocycles. The van der Waals surface area contributed by atoms with E-state index in [0.717, 1.165) is 24.9 Å². The van der Waals surface area contributed by atoms with Crippen LogP contribution in [0.15, 0.2) is 24.3 Å². The maximum atomic E-state index is 13.1. The number of halogens is 1. The van der Waals surface area contributed by atoms with Crippen molar-refractivity contribution in [1.82, 2.24) is 15.2 Å². The molecule has 1 atom stereocenters. The number of hydrogen-bond donors (Lipinski definition) is 2. The van der Waals surface area contributed by atoms with E-state index in [1.165, 1.54) is 23.5 Å². The van der Waals surface area contributed by atoms with Gasteiger partial charge in [0, 0.05) is 18.2 Å². The molecule has 6 nitrogen and oxygen atoms in total. The normalized spacial score (nSPS) is 17.8. The summed E-state index contributed by atoms with van der Waals surface area (Å²) >= 11 is 1.29. The van der Waals surface area contributed by atoms with E-state index in [1.807, 2.05) is 4.90 Å². The number of hydrogen-bond acceptors (Lipinski definition) is 5. The first-order valence-corrected chi connectivity index (χ1v) is 9.29. The summed E-state index contributed by atoms with van der Waals surface area (Å²) in [4.78, 5) is 30.7. The number of likely N-dealkylation sites (tertiary alicyclic amines) is 1. The molecule has 8 heteroatoms. The van der Waals surface area contributed by atoms with Gasteiger partial charge >= 0.3 is 0 Å². The maximum Gasteiger partial charge on any atom is 0.263 e. The predicted molar refractivity (Wildman–Crippen MR) is 98.4 cm³/mol. The Morgan fingerprint density at radius 2 is 2.12 bits per heavy atom. The van der Waals surface area contributed by atoms with Crippen molar-refractivity contribution in [2.24, 2.45) is 5.73 Å². The Bertz CT molecular complexity index is 806. The van der Waals surface area contributed by atoms with E-state index in [4.69, 9.17) is 5.73 Å². The quantitative estimate of drug-likeness (QED) is 0.835. The van der Waals surface area contributed by atoms with E-state index in [1.54, 1.807) is 19.1 Å². The number of primary amides is 1. The summed E-state index contributed by atoms with van der Waals surface area (Å²) < 4.78 is 13.1. The Labute approximate surface area is 155 Å². The SMILES string of the molecule is Cc1nc(-c2ccc(F)cc2)sc1C(=O)NC1CCCN(CC(N)=O)C1. The number of piperidine rings is 1. The Kier molecular flexibility index (Phi) is 5.63. The fourth-order valence-corrected chi connectivity index (χ4v) is 4.09. The first kappa shape index (κ1) is 18.5. The van der Waals surface area contributed by atoms with Gasteiger partial charge in [0.15, 0.2) is 0 Å². The highest BCUT2D eigenvalue weighted by Gasteiger charge is 2.24. The van der Waals surface area contributed by atoms with Gasteiger partial charge < -0.3 is 11.1 Å². The van der Waals surface area contributed by atoms with Crippen LogP contribution in [-0.2, 0) is 4.79 Å². The minimum absolute atomic E-state index is 0.0219. The molecular formula is C18H21FN4O2S. The molecule has 1 aliphatic heterocycles. The smallest absolute Gasteiger partial charge is 0.263 e. The van der Waals surface area contributed by atoms with Gasteiger partial charge in [-0.05, 0) is 50.6 Å². The van der Waals surface area contributed by atoms with Crippen molar-refractivity contribution in [2.75, 3.05) is 19.6 Å². The van der Waals surface area contributed by atoms with Crippen molar-refractivity contribution in [3.63, 3.8) is 0 Å². The van der Waals surface area contributed by atoms with E-state index in [-0.39, 0.29) is 30.2 Å². The van der Waals surface area contributed by atoms with Gasteiger partial charge in [0.25, 0.3) is 5.91 Å².